The number of carboxylic acids is 1. The molecule has 2 heterocycles. The predicted octanol–water partition coefficient (Wildman–Crippen LogP) is 1.59. The molecule has 5 nitrogen and oxygen atoms in total. The van der Waals surface area contributed by atoms with Crippen molar-refractivity contribution in [2.45, 2.75) is 24.7 Å². The van der Waals surface area contributed by atoms with Crippen LogP contribution in [0.4, 0.5) is 0 Å². The van der Waals surface area contributed by atoms with Crippen molar-refractivity contribution in [3.8, 4) is 11.5 Å². The highest BCUT2D eigenvalue weighted by atomic mass is 16.5. The molecule has 1 saturated heterocycles. The van der Waals surface area contributed by atoms with E-state index in [1.807, 2.05) is 6.07 Å². The standard InChI is InChI=1S/C15H19NO4/c17-11-1-2-12-13(9-11)20-10-15(12)4-7-16(8-5-15)6-3-14(18)19/h1-2,9,17H,3-8,10H2,(H,18,19). The summed E-state index contributed by atoms with van der Waals surface area (Å²) in [6.07, 6.45) is 2.16. The number of nitrogens with zero attached hydrogens (tertiary/aromatic N) is 1. The molecule has 3 rings (SSSR count). The SMILES string of the molecule is O=C(O)CCN1CCC2(CC1)COc1cc(O)ccc12. The van der Waals surface area contributed by atoms with Gasteiger partial charge in [0, 0.05) is 23.6 Å². The van der Waals surface area contributed by atoms with Crippen LogP contribution in [0.25, 0.3) is 0 Å². The van der Waals surface area contributed by atoms with E-state index in [4.69, 9.17) is 9.84 Å². The minimum absolute atomic E-state index is 0.0444. The number of phenolic OH excluding ortho intramolecular Hbond substituents is 1. The minimum Gasteiger partial charge on any atom is -0.508 e. The van der Waals surface area contributed by atoms with Crippen LogP contribution < -0.4 is 4.74 Å². The van der Waals surface area contributed by atoms with Gasteiger partial charge in [-0.15, -0.1) is 0 Å². The molecule has 0 amide bonds. The van der Waals surface area contributed by atoms with Crippen molar-refractivity contribution in [3.05, 3.63) is 23.8 Å². The van der Waals surface area contributed by atoms with E-state index in [-0.39, 0.29) is 17.6 Å². The van der Waals surface area contributed by atoms with Crippen molar-refractivity contribution in [2.75, 3.05) is 26.2 Å². The van der Waals surface area contributed by atoms with Crippen LogP contribution >= 0.6 is 0 Å². The molecule has 0 saturated carbocycles. The van der Waals surface area contributed by atoms with Crippen LogP contribution in [0.3, 0.4) is 0 Å². The molecule has 1 aromatic carbocycles. The summed E-state index contributed by atoms with van der Waals surface area (Å²) in [7, 11) is 0. The van der Waals surface area contributed by atoms with Crippen LogP contribution in [0.1, 0.15) is 24.8 Å². The minimum atomic E-state index is -0.740. The van der Waals surface area contributed by atoms with E-state index >= 15 is 0 Å². The molecule has 1 spiro atoms. The summed E-state index contributed by atoms with van der Waals surface area (Å²) >= 11 is 0. The molecule has 5 heteroatoms. The smallest absolute Gasteiger partial charge is 0.304 e. The van der Waals surface area contributed by atoms with Crippen LogP contribution in [0.5, 0.6) is 11.5 Å². The number of carbonyl (C=O) groups is 1. The highest BCUT2D eigenvalue weighted by molar-refractivity contribution is 5.66. The van der Waals surface area contributed by atoms with E-state index in [0.717, 1.165) is 31.7 Å². The van der Waals surface area contributed by atoms with Gasteiger partial charge in [0.15, 0.2) is 0 Å². The Morgan fingerprint density at radius 3 is 2.80 bits per heavy atom. The molecule has 1 fully saturated rings. The van der Waals surface area contributed by atoms with Gasteiger partial charge in [-0.2, -0.15) is 0 Å². The van der Waals surface area contributed by atoms with Gasteiger partial charge in [-0.05, 0) is 32.0 Å². The normalized spacial score (nSPS) is 20.6. The summed E-state index contributed by atoms with van der Waals surface area (Å²) in [5, 5.41) is 18.2. The number of fused-ring (bicyclic) bond motifs is 2. The lowest BCUT2D eigenvalue weighted by molar-refractivity contribution is -0.137. The first kappa shape index (κ1) is 13.2. The number of rotatable bonds is 3. The van der Waals surface area contributed by atoms with E-state index in [9.17, 15) is 9.90 Å². The van der Waals surface area contributed by atoms with Crippen LogP contribution in [-0.4, -0.2) is 47.3 Å². The van der Waals surface area contributed by atoms with Crippen LogP contribution in [0.2, 0.25) is 0 Å². The van der Waals surface area contributed by atoms with Crippen molar-refractivity contribution in [2.24, 2.45) is 0 Å². The van der Waals surface area contributed by atoms with Crippen LogP contribution in [0.15, 0.2) is 18.2 Å². The number of ether oxygens (including phenoxy) is 1. The number of hydrogen-bond donors (Lipinski definition) is 2. The Morgan fingerprint density at radius 1 is 1.35 bits per heavy atom. The van der Waals surface area contributed by atoms with Gasteiger partial charge in [-0.1, -0.05) is 6.07 Å². The Labute approximate surface area is 117 Å². The first-order valence-electron chi connectivity index (χ1n) is 7.00. The molecule has 0 bridgehead atoms. The summed E-state index contributed by atoms with van der Waals surface area (Å²) in [5.41, 5.74) is 1.23. The maximum absolute atomic E-state index is 10.6. The molecular weight excluding hydrogens is 258 g/mol. The molecule has 0 radical (unpaired) electrons. The first-order valence-corrected chi connectivity index (χ1v) is 7.00. The maximum atomic E-state index is 10.6. The van der Waals surface area contributed by atoms with Gasteiger partial charge < -0.3 is 19.8 Å². The van der Waals surface area contributed by atoms with Gasteiger partial charge in [0.1, 0.15) is 11.5 Å². The number of piperidine rings is 1. The Kier molecular flexibility index (Phi) is 3.30. The number of phenols is 1. The van der Waals surface area contributed by atoms with Crippen molar-refractivity contribution in [3.63, 3.8) is 0 Å². The van der Waals surface area contributed by atoms with Gasteiger partial charge in [0.25, 0.3) is 0 Å². The van der Waals surface area contributed by atoms with Gasteiger partial charge in [0.2, 0.25) is 0 Å². The molecule has 2 aliphatic heterocycles. The highest BCUT2D eigenvalue weighted by Gasteiger charge is 2.42. The third-order valence-corrected chi connectivity index (χ3v) is 4.50. The van der Waals surface area contributed by atoms with Gasteiger partial charge >= 0.3 is 5.97 Å². The molecule has 0 unspecified atom stereocenters. The fourth-order valence-corrected chi connectivity index (χ4v) is 3.23. The van der Waals surface area contributed by atoms with E-state index in [1.165, 1.54) is 5.56 Å². The summed E-state index contributed by atoms with van der Waals surface area (Å²) in [6.45, 7) is 3.08. The van der Waals surface area contributed by atoms with Crippen molar-refractivity contribution in [1.29, 1.82) is 0 Å². The van der Waals surface area contributed by atoms with Crippen molar-refractivity contribution < 1.29 is 19.7 Å². The Balaban J connectivity index is 1.68. The summed E-state index contributed by atoms with van der Waals surface area (Å²) < 4.78 is 5.73. The lowest BCUT2D eigenvalue weighted by Gasteiger charge is -2.38. The molecule has 2 aliphatic rings. The van der Waals surface area contributed by atoms with Crippen LogP contribution in [-0.2, 0) is 10.2 Å². The Hall–Kier alpha value is -1.75. The third kappa shape index (κ3) is 2.33. The van der Waals surface area contributed by atoms with E-state index < -0.39 is 5.97 Å². The van der Waals surface area contributed by atoms with Gasteiger partial charge in [-0.3, -0.25) is 4.79 Å². The lowest BCUT2D eigenvalue weighted by Crippen LogP contribution is -2.44. The topological polar surface area (TPSA) is 70.0 Å². The third-order valence-electron chi connectivity index (χ3n) is 4.50. The van der Waals surface area contributed by atoms with Crippen molar-refractivity contribution in [1.82, 2.24) is 4.90 Å². The second kappa shape index (κ2) is 4.98. The fraction of sp³-hybridized carbons (Fsp3) is 0.533. The van der Waals surface area contributed by atoms with Crippen LogP contribution in [0, 0.1) is 0 Å². The summed E-state index contributed by atoms with van der Waals surface area (Å²) in [4.78, 5) is 12.8. The van der Waals surface area contributed by atoms with Gasteiger partial charge in [-0.25, -0.2) is 0 Å². The number of aromatic hydroxyl groups is 1. The molecule has 1 aromatic rings. The monoisotopic (exact) mass is 277 g/mol. The van der Waals surface area contributed by atoms with E-state index in [0.29, 0.717) is 13.2 Å². The summed E-state index contributed by atoms with van der Waals surface area (Å²) in [6, 6.07) is 5.36. The molecule has 20 heavy (non-hydrogen) atoms. The molecule has 2 N–H and O–H groups in total. The fourth-order valence-electron chi connectivity index (χ4n) is 3.23. The average molecular weight is 277 g/mol. The quantitative estimate of drug-likeness (QED) is 0.878. The van der Waals surface area contributed by atoms with Gasteiger partial charge in [0.05, 0.1) is 13.0 Å². The van der Waals surface area contributed by atoms with Crippen molar-refractivity contribution >= 4 is 5.97 Å². The zero-order valence-corrected chi connectivity index (χ0v) is 11.3. The number of carboxylic acid groups (broad SMARTS) is 1. The molecule has 0 atom stereocenters. The predicted molar refractivity (Wildman–Crippen MR) is 73.2 cm³/mol. The zero-order chi connectivity index (χ0) is 14.2. The lowest BCUT2D eigenvalue weighted by atomic mass is 9.74. The Bertz CT molecular complexity index is 521. The molecule has 0 aromatic heterocycles. The zero-order valence-electron chi connectivity index (χ0n) is 11.3. The maximum Gasteiger partial charge on any atom is 0.304 e. The number of likely N-dealkylation sites (tertiary alicyclic amines) is 1. The molecule has 108 valence electrons. The van der Waals surface area contributed by atoms with E-state index in [2.05, 4.69) is 4.90 Å². The average Bonchev–Trinajstić information content (AvgIpc) is 2.76. The Morgan fingerprint density at radius 2 is 2.10 bits per heavy atom. The number of aliphatic carboxylic acids is 1. The second-order valence-electron chi connectivity index (χ2n) is 5.73. The van der Waals surface area contributed by atoms with E-state index in [1.54, 1.807) is 12.1 Å². The summed E-state index contributed by atoms with van der Waals surface area (Å²) in [5.74, 6) is 0.291. The second-order valence-corrected chi connectivity index (χ2v) is 5.73. The largest absolute Gasteiger partial charge is 0.508 e. The number of benzene rings is 1. The molecular formula is C15H19NO4. The first-order chi connectivity index (χ1) is 9.59. The number of hydrogen-bond acceptors (Lipinski definition) is 4. The molecule has 0 aliphatic carbocycles. The highest BCUT2D eigenvalue weighted by Crippen LogP contribution is 2.46.